The molecule has 1 saturated heterocycles. The smallest absolute Gasteiger partial charge is 0.259 e. The average Bonchev–Trinajstić information content (AvgIpc) is 3.64. The Morgan fingerprint density at radius 2 is 1.94 bits per heavy atom. The van der Waals surface area contributed by atoms with Crippen LogP contribution in [0.25, 0.3) is 10.8 Å². The van der Waals surface area contributed by atoms with Crippen molar-refractivity contribution in [3.63, 3.8) is 0 Å². The molecule has 0 radical (unpaired) electrons. The summed E-state index contributed by atoms with van der Waals surface area (Å²) in [5.41, 5.74) is -0.710. The third-order valence-electron chi connectivity index (χ3n) is 6.68. The number of ether oxygens (including phenoxy) is 2. The lowest BCUT2D eigenvalue weighted by atomic mass is 9.90. The van der Waals surface area contributed by atoms with Gasteiger partial charge in [-0.05, 0) is 43.4 Å². The Labute approximate surface area is 193 Å². The van der Waals surface area contributed by atoms with Gasteiger partial charge in [0.15, 0.2) is 0 Å². The lowest BCUT2D eigenvalue weighted by molar-refractivity contribution is -0.122. The molecule has 7 nitrogen and oxygen atoms in total. The Balaban J connectivity index is 1.31. The van der Waals surface area contributed by atoms with Crippen molar-refractivity contribution in [1.29, 1.82) is 0 Å². The maximum absolute atomic E-state index is 13.4. The number of morpholine rings is 1. The fourth-order valence-electron chi connectivity index (χ4n) is 4.38. The van der Waals surface area contributed by atoms with Crippen LogP contribution in [-0.4, -0.2) is 60.9 Å². The molecule has 2 fully saturated rings. The van der Waals surface area contributed by atoms with Crippen molar-refractivity contribution in [1.82, 2.24) is 14.8 Å². The van der Waals surface area contributed by atoms with E-state index >= 15 is 0 Å². The van der Waals surface area contributed by atoms with Gasteiger partial charge < -0.3 is 19.4 Å². The molecule has 0 atom stereocenters. The van der Waals surface area contributed by atoms with E-state index in [1.807, 2.05) is 61.7 Å². The van der Waals surface area contributed by atoms with Crippen LogP contribution in [0.1, 0.15) is 19.8 Å². The first-order valence-corrected chi connectivity index (χ1v) is 11.8. The van der Waals surface area contributed by atoms with E-state index in [9.17, 15) is 9.59 Å². The number of carbonyl (C=O) groups is 1. The molecule has 7 heteroatoms. The van der Waals surface area contributed by atoms with E-state index in [1.165, 1.54) is 0 Å². The number of allylic oxidation sites excluding steroid dienone is 2. The monoisotopic (exact) mass is 449 g/mol. The van der Waals surface area contributed by atoms with Crippen LogP contribution in [0.4, 0.5) is 0 Å². The molecule has 2 aromatic rings. The molecule has 1 aromatic carbocycles. The molecule has 0 bridgehead atoms. The normalized spacial score (nSPS) is 25.3. The minimum absolute atomic E-state index is 0.0248. The maximum Gasteiger partial charge on any atom is 0.259 e. The second-order valence-corrected chi connectivity index (χ2v) is 9.30. The van der Waals surface area contributed by atoms with E-state index in [0.717, 1.165) is 51.1 Å². The highest BCUT2D eigenvalue weighted by molar-refractivity contribution is 5.84. The Hall–Kier alpha value is -2.90. The fraction of sp³-hybridized carbons (Fsp3) is 0.462. The first-order valence-electron chi connectivity index (χ1n) is 11.8. The number of amides is 1. The number of hydrogen-bond donors (Lipinski definition) is 1. The highest BCUT2D eigenvalue weighted by atomic mass is 16.5. The van der Waals surface area contributed by atoms with Crippen LogP contribution in [0.5, 0.6) is 5.75 Å². The Morgan fingerprint density at radius 3 is 2.67 bits per heavy atom. The van der Waals surface area contributed by atoms with Crippen LogP contribution in [0.3, 0.4) is 0 Å². The number of nitrogens with one attached hydrogen (secondary N) is 1. The summed E-state index contributed by atoms with van der Waals surface area (Å²) >= 11 is 0. The zero-order valence-electron chi connectivity index (χ0n) is 19.0. The number of hydrogen-bond acceptors (Lipinski definition) is 5. The fourth-order valence-corrected chi connectivity index (χ4v) is 4.38. The number of pyridine rings is 1. The minimum Gasteiger partial charge on any atom is -0.492 e. The van der Waals surface area contributed by atoms with E-state index in [4.69, 9.17) is 9.47 Å². The Morgan fingerprint density at radius 1 is 1.18 bits per heavy atom. The Bertz CT molecular complexity index is 1130. The van der Waals surface area contributed by atoms with Crippen molar-refractivity contribution < 1.29 is 14.3 Å². The van der Waals surface area contributed by atoms with E-state index < -0.39 is 5.54 Å². The molecule has 1 amide bonds. The summed E-state index contributed by atoms with van der Waals surface area (Å²) in [6, 6.07) is 7.96. The molecule has 1 aromatic heterocycles. The summed E-state index contributed by atoms with van der Waals surface area (Å²) in [6.07, 6.45) is 11.6. The molecular formula is C26H31N3O4. The molecular weight excluding hydrogens is 418 g/mol. The van der Waals surface area contributed by atoms with E-state index in [1.54, 1.807) is 4.57 Å². The number of nitrogens with zero attached hydrogens (tertiary/aromatic N) is 2. The Kier molecular flexibility index (Phi) is 6.08. The lowest BCUT2D eigenvalue weighted by Gasteiger charge is -2.29. The van der Waals surface area contributed by atoms with Crippen molar-refractivity contribution in [2.24, 2.45) is 5.92 Å². The van der Waals surface area contributed by atoms with Crippen LogP contribution in [0.15, 0.2) is 59.6 Å². The third kappa shape index (κ3) is 4.89. The van der Waals surface area contributed by atoms with Crippen molar-refractivity contribution in [3.05, 3.63) is 65.1 Å². The van der Waals surface area contributed by atoms with Gasteiger partial charge in [-0.2, -0.15) is 0 Å². The minimum atomic E-state index is -0.630. The van der Waals surface area contributed by atoms with Crippen LogP contribution < -0.4 is 15.6 Å². The SMILES string of the molecule is CC1(n2ccc3ccc(OCCN4CCOCC4)cc3c2=O)C=CC(C(=O)NC2CC2)C=C1. The number of aromatic nitrogens is 1. The summed E-state index contributed by atoms with van der Waals surface area (Å²) in [5.74, 6) is 0.431. The molecule has 0 unspecified atom stereocenters. The highest BCUT2D eigenvalue weighted by Gasteiger charge is 2.30. The number of rotatable bonds is 7. The number of benzene rings is 1. The van der Waals surface area contributed by atoms with Crippen LogP contribution in [0.2, 0.25) is 0 Å². The molecule has 2 aliphatic carbocycles. The van der Waals surface area contributed by atoms with Gasteiger partial charge >= 0.3 is 0 Å². The summed E-state index contributed by atoms with van der Waals surface area (Å²) in [6.45, 7) is 6.77. The number of fused-ring (bicyclic) bond motifs is 1. The molecule has 1 N–H and O–H groups in total. The standard InChI is InChI=1S/C26H31N3O4/c1-26(9-6-20(7-10-26)24(30)27-21-3-4-21)29-11-8-19-2-5-22(18-23(19)25(29)31)33-17-14-28-12-15-32-16-13-28/h2,5-11,18,20-21H,3-4,12-17H2,1H3,(H,27,30). The van der Waals surface area contributed by atoms with Gasteiger partial charge in [0.1, 0.15) is 12.4 Å². The quantitative estimate of drug-likeness (QED) is 0.658. The van der Waals surface area contributed by atoms with Gasteiger partial charge in [-0.25, -0.2) is 0 Å². The summed E-state index contributed by atoms with van der Waals surface area (Å²) in [4.78, 5) is 28.1. The predicted octanol–water partition coefficient (Wildman–Crippen LogP) is 2.45. The predicted molar refractivity (Wildman–Crippen MR) is 128 cm³/mol. The summed E-state index contributed by atoms with van der Waals surface area (Å²) in [7, 11) is 0. The molecule has 1 aliphatic heterocycles. The van der Waals surface area contributed by atoms with E-state index in [0.29, 0.717) is 23.8 Å². The van der Waals surface area contributed by atoms with Gasteiger partial charge in [-0.3, -0.25) is 14.5 Å². The van der Waals surface area contributed by atoms with E-state index in [-0.39, 0.29) is 17.4 Å². The highest BCUT2D eigenvalue weighted by Crippen LogP contribution is 2.27. The zero-order chi connectivity index (χ0) is 22.8. The van der Waals surface area contributed by atoms with Gasteiger partial charge in [0.2, 0.25) is 5.91 Å². The third-order valence-corrected chi connectivity index (χ3v) is 6.68. The largest absolute Gasteiger partial charge is 0.492 e. The first-order chi connectivity index (χ1) is 16.0. The molecule has 33 heavy (non-hydrogen) atoms. The van der Waals surface area contributed by atoms with Crippen molar-refractivity contribution in [2.45, 2.75) is 31.3 Å². The second-order valence-electron chi connectivity index (χ2n) is 9.30. The molecule has 0 spiro atoms. The van der Waals surface area contributed by atoms with Gasteiger partial charge in [0.05, 0.1) is 30.1 Å². The zero-order valence-corrected chi connectivity index (χ0v) is 19.0. The summed E-state index contributed by atoms with van der Waals surface area (Å²) in [5, 5.41) is 4.54. The number of carbonyl (C=O) groups excluding carboxylic acids is 1. The van der Waals surface area contributed by atoms with Crippen molar-refractivity contribution >= 4 is 16.7 Å². The molecule has 5 rings (SSSR count). The first kappa shape index (κ1) is 21.9. The summed E-state index contributed by atoms with van der Waals surface area (Å²) < 4.78 is 13.1. The van der Waals surface area contributed by atoms with Gasteiger partial charge in [0, 0.05) is 31.9 Å². The average molecular weight is 450 g/mol. The van der Waals surface area contributed by atoms with Crippen molar-refractivity contribution in [2.75, 3.05) is 39.5 Å². The van der Waals surface area contributed by atoms with E-state index in [2.05, 4.69) is 10.2 Å². The van der Waals surface area contributed by atoms with Crippen molar-refractivity contribution in [3.8, 4) is 5.75 Å². The lowest BCUT2D eigenvalue weighted by Crippen LogP contribution is -2.38. The van der Waals surface area contributed by atoms with Crippen LogP contribution >= 0.6 is 0 Å². The van der Waals surface area contributed by atoms with Gasteiger partial charge in [-0.15, -0.1) is 0 Å². The second kappa shape index (κ2) is 9.15. The van der Waals surface area contributed by atoms with Gasteiger partial charge in [0.25, 0.3) is 5.56 Å². The molecule has 1 saturated carbocycles. The van der Waals surface area contributed by atoms with Crippen LogP contribution in [0, 0.1) is 5.92 Å². The van der Waals surface area contributed by atoms with Gasteiger partial charge in [-0.1, -0.05) is 30.4 Å². The van der Waals surface area contributed by atoms with Crippen LogP contribution in [-0.2, 0) is 15.1 Å². The molecule has 3 aliphatic rings. The molecule has 174 valence electrons. The topological polar surface area (TPSA) is 72.8 Å². The maximum atomic E-state index is 13.4. The molecule has 2 heterocycles.